The van der Waals surface area contributed by atoms with E-state index in [0.29, 0.717) is 12.5 Å². The van der Waals surface area contributed by atoms with Crippen molar-refractivity contribution in [2.75, 3.05) is 26.7 Å². The van der Waals surface area contributed by atoms with Gasteiger partial charge in [-0.15, -0.1) is 0 Å². The minimum absolute atomic E-state index is 0.120. The molecule has 92 valence electrons. The molecule has 5 heteroatoms. The summed E-state index contributed by atoms with van der Waals surface area (Å²) >= 11 is 0. The van der Waals surface area contributed by atoms with Gasteiger partial charge in [-0.2, -0.15) is 13.2 Å². The van der Waals surface area contributed by atoms with E-state index < -0.39 is 12.7 Å². The number of halogens is 3. The molecule has 0 aromatic heterocycles. The first-order valence-corrected chi connectivity index (χ1v) is 5.20. The summed E-state index contributed by atoms with van der Waals surface area (Å²) < 4.78 is 35.5. The van der Waals surface area contributed by atoms with Crippen LogP contribution in [0.4, 0.5) is 13.2 Å². The second-order valence-corrected chi connectivity index (χ2v) is 4.43. The molecule has 0 rings (SSSR count). The topological polar surface area (TPSA) is 15.3 Å². The standard InChI is InChI=1S/C10H21F3N2/c1-8(2)6-15(4)9(3)5-14-7-10(11,12)13/h8-9,14H,5-7H2,1-4H3. The van der Waals surface area contributed by atoms with Crippen molar-refractivity contribution in [1.29, 1.82) is 0 Å². The van der Waals surface area contributed by atoms with Gasteiger partial charge in [-0.05, 0) is 19.9 Å². The summed E-state index contributed by atoms with van der Waals surface area (Å²) in [5, 5.41) is 2.41. The van der Waals surface area contributed by atoms with Crippen molar-refractivity contribution in [3.05, 3.63) is 0 Å². The maximum Gasteiger partial charge on any atom is 0.401 e. The highest BCUT2D eigenvalue weighted by atomic mass is 19.4. The van der Waals surface area contributed by atoms with Crippen LogP contribution in [0.5, 0.6) is 0 Å². The lowest BCUT2D eigenvalue weighted by Gasteiger charge is -2.26. The highest BCUT2D eigenvalue weighted by molar-refractivity contribution is 4.68. The molecule has 0 aliphatic heterocycles. The minimum atomic E-state index is -4.11. The van der Waals surface area contributed by atoms with Crippen molar-refractivity contribution in [2.45, 2.75) is 33.0 Å². The van der Waals surface area contributed by atoms with E-state index in [2.05, 4.69) is 24.1 Å². The Morgan fingerprint density at radius 3 is 2.13 bits per heavy atom. The van der Waals surface area contributed by atoms with Crippen LogP contribution < -0.4 is 5.32 Å². The Labute approximate surface area is 89.8 Å². The molecule has 1 N–H and O–H groups in total. The first kappa shape index (κ1) is 14.7. The highest BCUT2D eigenvalue weighted by Crippen LogP contribution is 2.12. The third-order valence-corrected chi connectivity index (χ3v) is 2.17. The van der Waals surface area contributed by atoms with Crippen molar-refractivity contribution >= 4 is 0 Å². The average molecular weight is 226 g/mol. The fraction of sp³-hybridized carbons (Fsp3) is 1.00. The smallest absolute Gasteiger partial charge is 0.307 e. The van der Waals surface area contributed by atoms with Crippen molar-refractivity contribution in [3.8, 4) is 0 Å². The Morgan fingerprint density at radius 2 is 1.73 bits per heavy atom. The van der Waals surface area contributed by atoms with Crippen LogP contribution in [0.2, 0.25) is 0 Å². The summed E-state index contributed by atoms with van der Waals surface area (Å²) in [6.07, 6.45) is -4.11. The molecular weight excluding hydrogens is 205 g/mol. The van der Waals surface area contributed by atoms with Gasteiger partial charge in [-0.1, -0.05) is 13.8 Å². The third kappa shape index (κ3) is 8.69. The summed E-state index contributed by atoms with van der Waals surface area (Å²) in [5.74, 6) is 0.528. The van der Waals surface area contributed by atoms with Crippen LogP contribution in [-0.2, 0) is 0 Å². The molecule has 0 aromatic carbocycles. The third-order valence-electron chi connectivity index (χ3n) is 2.17. The number of rotatable bonds is 6. The van der Waals surface area contributed by atoms with Gasteiger partial charge in [0.2, 0.25) is 0 Å². The lowest BCUT2D eigenvalue weighted by Crippen LogP contribution is -2.42. The Kier molecular flexibility index (Phi) is 6.20. The molecule has 2 nitrogen and oxygen atoms in total. The summed E-state index contributed by atoms with van der Waals surface area (Å²) in [7, 11) is 1.93. The van der Waals surface area contributed by atoms with Gasteiger partial charge in [0, 0.05) is 19.1 Å². The molecule has 0 saturated heterocycles. The summed E-state index contributed by atoms with van der Waals surface area (Å²) in [6, 6.07) is 0.120. The Hall–Kier alpha value is -0.290. The molecule has 0 heterocycles. The molecule has 0 radical (unpaired) electrons. The molecular formula is C10H21F3N2. The molecule has 0 aromatic rings. The Balaban J connectivity index is 3.69. The monoisotopic (exact) mass is 226 g/mol. The van der Waals surface area contributed by atoms with Crippen molar-refractivity contribution in [1.82, 2.24) is 10.2 Å². The van der Waals surface area contributed by atoms with Gasteiger partial charge in [0.15, 0.2) is 0 Å². The SMILES string of the molecule is CC(C)CN(C)C(C)CNCC(F)(F)F. The van der Waals surface area contributed by atoms with Gasteiger partial charge in [-0.25, -0.2) is 0 Å². The molecule has 15 heavy (non-hydrogen) atoms. The van der Waals surface area contributed by atoms with Crippen LogP contribution in [0.25, 0.3) is 0 Å². The zero-order valence-corrected chi connectivity index (χ0v) is 9.86. The Bertz CT molecular complexity index is 169. The van der Waals surface area contributed by atoms with E-state index in [-0.39, 0.29) is 6.04 Å². The molecule has 0 amide bonds. The van der Waals surface area contributed by atoms with E-state index in [1.165, 1.54) is 0 Å². The van der Waals surface area contributed by atoms with E-state index in [1.807, 2.05) is 14.0 Å². The molecule has 1 unspecified atom stereocenters. The predicted molar refractivity (Wildman–Crippen MR) is 55.9 cm³/mol. The lowest BCUT2D eigenvalue weighted by atomic mass is 10.2. The van der Waals surface area contributed by atoms with Gasteiger partial charge in [0.1, 0.15) is 0 Å². The van der Waals surface area contributed by atoms with Crippen molar-refractivity contribution < 1.29 is 13.2 Å². The van der Waals surface area contributed by atoms with Crippen LogP contribution >= 0.6 is 0 Å². The highest BCUT2D eigenvalue weighted by Gasteiger charge is 2.26. The number of nitrogens with one attached hydrogen (secondary N) is 1. The van der Waals surface area contributed by atoms with Gasteiger partial charge >= 0.3 is 6.18 Å². The maximum atomic E-state index is 11.8. The van der Waals surface area contributed by atoms with Crippen molar-refractivity contribution in [3.63, 3.8) is 0 Å². The average Bonchev–Trinajstić information content (AvgIpc) is 2.00. The van der Waals surface area contributed by atoms with Crippen LogP contribution in [0, 0.1) is 5.92 Å². The number of hydrogen-bond donors (Lipinski definition) is 1. The van der Waals surface area contributed by atoms with E-state index in [9.17, 15) is 13.2 Å². The summed E-state index contributed by atoms with van der Waals surface area (Å²) in [6.45, 7) is 6.45. The molecule has 0 spiro atoms. The van der Waals surface area contributed by atoms with E-state index in [4.69, 9.17) is 0 Å². The number of hydrogen-bond acceptors (Lipinski definition) is 2. The molecule has 0 fully saturated rings. The summed E-state index contributed by atoms with van der Waals surface area (Å²) in [4.78, 5) is 2.06. The van der Waals surface area contributed by atoms with E-state index in [0.717, 1.165) is 6.54 Å². The second kappa shape index (κ2) is 6.33. The fourth-order valence-corrected chi connectivity index (χ4v) is 1.33. The number of nitrogens with zero attached hydrogens (tertiary/aromatic N) is 1. The van der Waals surface area contributed by atoms with Crippen LogP contribution in [0.15, 0.2) is 0 Å². The zero-order valence-electron chi connectivity index (χ0n) is 9.86. The minimum Gasteiger partial charge on any atom is -0.307 e. The van der Waals surface area contributed by atoms with Crippen molar-refractivity contribution in [2.24, 2.45) is 5.92 Å². The van der Waals surface area contributed by atoms with Crippen LogP contribution in [0.3, 0.4) is 0 Å². The quantitative estimate of drug-likeness (QED) is 0.746. The molecule has 1 atom stereocenters. The first-order valence-electron chi connectivity index (χ1n) is 5.20. The summed E-state index contributed by atoms with van der Waals surface area (Å²) in [5.41, 5.74) is 0. The number of likely N-dealkylation sites (N-methyl/N-ethyl adjacent to an activating group) is 1. The molecule has 0 bridgehead atoms. The zero-order chi connectivity index (χ0) is 12.1. The lowest BCUT2D eigenvalue weighted by molar-refractivity contribution is -0.125. The van der Waals surface area contributed by atoms with Gasteiger partial charge in [-0.3, -0.25) is 0 Å². The molecule has 0 aliphatic rings. The molecule has 0 aliphatic carbocycles. The largest absolute Gasteiger partial charge is 0.401 e. The molecule has 0 saturated carbocycles. The van der Waals surface area contributed by atoms with Crippen LogP contribution in [0.1, 0.15) is 20.8 Å². The van der Waals surface area contributed by atoms with Gasteiger partial charge < -0.3 is 10.2 Å². The second-order valence-electron chi connectivity index (χ2n) is 4.43. The number of alkyl halides is 3. The van der Waals surface area contributed by atoms with E-state index >= 15 is 0 Å². The van der Waals surface area contributed by atoms with Gasteiger partial charge in [0.25, 0.3) is 0 Å². The van der Waals surface area contributed by atoms with Crippen LogP contribution in [-0.4, -0.2) is 43.8 Å². The Morgan fingerprint density at radius 1 is 1.20 bits per heavy atom. The fourth-order valence-electron chi connectivity index (χ4n) is 1.33. The van der Waals surface area contributed by atoms with Gasteiger partial charge in [0.05, 0.1) is 6.54 Å². The first-order chi connectivity index (χ1) is 6.72. The predicted octanol–water partition coefficient (Wildman–Crippen LogP) is 2.11. The normalized spacial score (nSPS) is 15.0. The maximum absolute atomic E-state index is 11.8. The van der Waals surface area contributed by atoms with E-state index in [1.54, 1.807) is 0 Å².